The molecule has 0 spiro atoms. The zero-order chi connectivity index (χ0) is 19.5. The van der Waals surface area contributed by atoms with E-state index >= 15 is 0 Å². The van der Waals surface area contributed by atoms with Crippen molar-refractivity contribution in [3.8, 4) is 0 Å². The van der Waals surface area contributed by atoms with Gasteiger partial charge in [-0.3, -0.25) is 9.59 Å². The summed E-state index contributed by atoms with van der Waals surface area (Å²) >= 11 is 0. The zero-order valence-electron chi connectivity index (χ0n) is 14.8. The lowest BCUT2D eigenvalue weighted by atomic mass is 10.00. The molecular weight excluding hydrogens is 352 g/mol. The van der Waals surface area contributed by atoms with Crippen LogP contribution < -0.4 is 10.0 Å². The van der Waals surface area contributed by atoms with Crippen molar-refractivity contribution in [1.29, 1.82) is 0 Å². The predicted octanol–water partition coefficient (Wildman–Crippen LogP) is 2.86. The lowest BCUT2D eigenvalue weighted by Gasteiger charge is -2.14. The van der Waals surface area contributed by atoms with Gasteiger partial charge in [0.2, 0.25) is 5.91 Å². The van der Waals surface area contributed by atoms with Gasteiger partial charge in [0, 0.05) is 5.56 Å². The topological polar surface area (TPSA) is 92.3 Å². The van der Waals surface area contributed by atoms with Crippen LogP contribution in [0.25, 0.3) is 0 Å². The summed E-state index contributed by atoms with van der Waals surface area (Å²) in [6.45, 7) is 8.73. The second-order valence-electron chi connectivity index (χ2n) is 5.90. The highest BCUT2D eigenvalue weighted by atomic mass is 32.2. The molecule has 2 amide bonds. The Labute approximate surface area is 153 Å². The molecule has 0 aromatic heterocycles. The molecule has 0 atom stereocenters. The highest BCUT2D eigenvalue weighted by Gasteiger charge is 2.24. The van der Waals surface area contributed by atoms with Gasteiger partial charge in [0.1, 0.15) is 4.90 Å². The number of carbonyl (C=O) groups excluding carboxylic acids is 2. The number of nitrogens with one attached hydrogen (secondary N) is 2. The van der Waals surface area contributed by atoms with Crippen molar-refractivity contribution < 1.29 is 18.0 Å². The summed E-state index contributed by atoms with van der Waals surface area (Å²) in [7, 11) is -4.18. The van der Waals surface area contributed by atoms with Crippen LogP contribution in [0.1, 0.15) is 27.0 Å². The maximum atomic E-state index is 12.7. The van der Waals surface area contributed by atoms with Gasteiger partial charge in [-0.2, -0.15) is 0 Å². The molecule has 2 rings (SSSR count). The summed E-state index contributed by atoms with van der Waals surface area (Å²) in [5.41, 5.74) is 2.73. The number of para-hydroxylation sites is 1. The minimum absolute atomic E-state index is 0.0649. The maximum absolute atomic E-state index is 12.7. The Bertz CT molecular complexity index is 971. The average molecular weight is 372 g/mol. The fourth-order valence-corrected chi connectivity index (χ4v) is 3.88. The summed E-state index contributed by atoms with van der Waals surface area (Å²) < 4.78 is 27.5. The third-order valence-electron chi connectivity index (χ3n) is 3.75. The minimum atomic E-state index is -4.18. The van der Waals surface area contributed by atoms with Crippen molar-refractivity contribution in [3.05, 3.63) is 71.3 Å². The van der Waals surface area contributed by atoms with Gasteiger partial charge in [0.25, 0.3) is 15.9 Å². The normalized spacial score (nSPS) is 10.9. The molecule has 0 radical (unpaired) electrons. The molecule has 26 heavy (non-hydrogen) atoms. The third kappa shape index (κ3) is 4.18. The van der Waals surface area contributed by atoms with Crippen LogP contribution >= 0.6 is 0 Å². The van der Waals surface area contributed by atoms with Crippen LogP contribution in [0.4, 0.5) is 5.69 Å². The van der Waals surface area contributed by atoms with Crippen LogP contribution in [0.2, 0.25) is 0 Å². The van der Waals surface area contributed by atoms with Crippen LogP contribution in [0, 0.1) is 20.8 Å². The van der Waals surface area contributed by atoms with E-state index < -0.39 is 21.8 Å². The molecule has 0 aliphatic rings. The lowest BCUT2D eigenvalue weighted by Crippen LogP contribution is -2.32. The fraction of sp³-hybridized carbons (Fsp3) is 0.158. The van der Waals surface area contributed by atoms with E-state index in [0.717, 1.165) is 11.6 Å². The molecule has 6 nitrogen and oxygen atoms in total. The molecule has 0 fully saturated rings. The molecule has 0 aliphatic heterocycles. The summed E-state index contributed by atoms with van der Waals surface area (Å²) in [6, 6.07) is 9.45. The maximum Gasteiger partial charge on any atom is 0.266 e. The van der Waals surface area contributed by atoms with E-state index in [9.17, 15) is 18.0 Å². The number of anilines is 1. The van der Waals surface area contributed by atoms with Crippen molar-refractivity contribution in [2.24, 2.45) is 0 Å². The first-order chi connectivity index (χ1) is 12.2. The standard InChI is InChI=1S/C19H20N2O4S/c1-5-17(22)20-15-8-6-7-9-16(15)26(24,25)21-19(23)18-13(3)10-12(2)11-14(18)4/h5-11H,1H2,2-4H3,(H,20,22)(H,21,23). The molecule has 0 unspecified atom stereocenters. The SMILES string of the molecule is C=CC(=O)Nc1ccccc1S(=O)(=O)NC(=O)c1c(C)cc(C)cc1C. The van der Waals surface area contributed by atoms with Crippen LogP contribution in [0.15, 0.2) is 53.9 Å². The van der Waals surface area contributed by atoms with Gasteiger partial charge in [-0.15, -0.1) is 0 Å². The molecule has 2 aromatic carbocycles. The van der Waals surface area contributed by atoms with Gasteiger partial charge in [-0.1, -0.05) is 36.4 Å². The average Bonchev–Trinajstić information content (AvgIpc) is 2.53. The first-order valence-electron chi connectivity index (χ1n) is 7.83. The fourth-order valence-electron chi connectivity index (χ4n) is 2.75. The number of hydrogen-bond donors (Lipinski definition) is 2. The monoisotopic (exact) mass is 372 g/mol. The summed E-state index contributed by atoms with van der Waals surface area (Å²) in [4.78, 5) is 23.9. The van der Waals surface area contributed by atoms with E-state index in [2.05, 4.69) is 16.6 Å². The molecule has 0 saturated heterocycles. The van der Waals surface area contributed by atoms with Crippen LogP contribution in [0.5, 0.6) is 0 Å². The van der Waals surface area contributed by atoms with E-state index in [4.69, 9.17) is 0 Å². The second kappa shape index (κ2) is 7.53. The Kier molecular flexibility index (Phi) is 5.62. The van der Waals surface area contributed by atoms with Crippen molar-refractivity contribution in [3.63, 3.8) is 0 Å². The number of hydrogen-bond acceptors (Lipinski definition) is 4. The summed E-state index contributed by atoms with van der Waals surface area (Å²) in [5.74, 6) is -1.27. The lowest BCUT2D eigenvalue weighted by molar-refractivity contribution is -0.111. The predicted molar refractivity (Wildman–Crippen MR) is 101 cm³/mol. The van der Waals surface area contributed by atoms with E-state index in [1.165, 1.54) is 18.2 Å². The van der Waals surface area contributed by atoms with Gasteiger partial charge >= 0.3 is 0 Å². The summed E-state index contributed by atoms with van der Waals surface area (Å²) in [6.07, 6.45) is 1.03. The second-order valence-corrected chi connectivity index (χ2v) is 7.55. The third-order valence-corrected chi connectivity index (χ3v) is 5.14. The van der Waals surface area contributed by atoms with E-state index in [1.807, 2.05) is 19.1 Å². The van der Waals surface area contributed by atoms with Crippen LogP contribution in [-0.4, -0.2) is 20.2 Å². The molecule has 2 N–H and O–H groups in total. The smallest absolute Gasteiger partial charge is 0.266 e. The van der Waals surface area contributed by atoms with Crippen LogP contribution in [0.3, 0.4) is 0 Å². The van der Waals surface area contributed by atoms with Gasteiger partial charge < -0.3 is 5.32 Å². The Balaban J connectivity index is 2.40. The van der Waals surface area contributed by atoms with Crippen molar-refractivity contribution in [1.82, 2.24) is 4.72 Å². The van der Waals surface area contributed by atoms with Crippen molar-refractivity contribution >= 4 is 27.5 Å². The number of rotatable bonds is 5. The molecule has 0 aliphatic carbocycles. The van der Waals surface area contributed by atoms with Gasteiger partial charge in [-0.05, 0) is 50.1 Å². The van der Waals surface area contributed by atoms with Crippen molar-refractivity contribution in [2.75, 3.05) is 5.32 Å². The minimum Gasteiger partial charge on any atom is -0.321 e. The first-order valence-corrected chi connectivity index (χ1v) is 9.31. The van der Waals surface area contributed by atoms with Gasteiger partial charge in [0.15, 0.2) is 0 Å². The molecule has 0 bridgehead atoms. The number of amides is 2. The quantitative estimate of drug-likeness (QED) is 0.790. The number of aryl methyl sites for hydroxylation is 3. The highest BCUT2D eigenvalue weighted by molar-refractivity contribution is 7.90. The first kappa shape index (κ1) is 19.4. The summed E-state index contributed by atoms with van der Waals surface area (Å²) in [5, 5.41) is 2.42. The van der Waals surface area contributed by atoms with Crippen LogP contribution in [-0.2, 0) is 14.8 Å². The Morgan fingerprint density at radius 1 is 1.04 bits per heavy atom. The number of benzene rings is 2. The molecule has 2 aromatic rings. The molecule has 7 heteroatoms. The molecule has 0 heterocycles. The van der Waals surface area contributed by atoms with E-state index in [-0.39, 0.29) is 10.6 Å². The molecule has 136 valence electrons. The highest BCUT2D eigenvalue weighted by Crippen LogP contribution is 2.22. The number of sulfonamides is 1. The number of carbonyl (C=O) groups is 2. The van der Waals surface area contributed by atoms with E-state index in [0.29, 0.717) is 16.7 Å². The van der Waals surface area contributed by atoms with Crippen molar-refractivity contribution in [2.45, 2.75) is 25.7 Å². The Hall–Kier alpha value is -2.93. The molecular formula is C19H20N2O4S. The molecule has 0 saturated carbocycles. The van der Waals surface area contributed by atoms with E-state index in [1.54, 1.807) is 19.9 Å². The van der Waals surface area contributed by atoms with Gasteiger partial charge in [-0.25, -0.2) is 13.1 Å². The zero-order valence-corrected chi connectivity index (χ0v) is 15.6. The van der Waals surface area contributed by atoms with Gasteiger partial charge in [0.05, 0.1) is 5.69 Å². The Morgan fingerprint density at radius 2 is 1.62 bits per heavy atom. The largest absolute Gasteiger partial charge is 0.321 e. The Morgan fingerprint density at radius 3 is 2.19 bits per heavy atom.